The minimum Gasteiger partial charge on any atom is -0.455 e. The molecule has 0 aliphatic heterocycles. The number of thiophene rings is 1. The molecule has 0 unspecified atom stereocenters. The summed E-state index contributed by atoms with van der Waals surface area (Å²) in [4.78, 5) is 2.37. The maximum atomic E-state index is 6.89. The number of fused-ring (bicyclic) bond motifs is 9. The molecule has 0 amide bonds. The van der Waals surface area contributed by atoms with Gasteiger partial charge in [0.15, 0.2) is 0 Å². The van der Waals surface area contributed by atoms with Crippen LogP contribution in [0.5, 0.6) is 0 Å². The summed E-state index contributed by atoms with van der Waals surface area (Å²) in [5, 5.41) is 9.56. The van der Waals surface area contributed by atoms with Crippen LogP contribution in [0.3, 0.4) is 0 Å². The van der Waals surface area contributed by atoms with Crippen molar-refractivity contribution in [3.05, 3.63) is 212 Å². The van der Waals surface area contributed by atoms with Crippen LogP contribution in [0.4, 0.5) is 17.1 Å². The highest BCUT2D eigenvalue weighted by atomic mass is 32.1. The molecule has 0 aliphatic carbocycles. The van der Waals surface area contributed by atoms with Crippen LogP contribution in [0, 0.1) is 0 Å². The van der Waals surface area contributed by atoms with Gasteiger partial charge in [0, 0.05) is 53.1 Å². The highest BCUT2D eigenvalue weighted by Gasteiger charge is 2.20. The smallest absolute Gasteiger partial charge is 0.143 e. The van der Waals surface area contributed by atoms with E-state index in [0.29, 0.717) is 0 Å². The van der Waals surface area contributed by atoms with Gasteiger partial charge in [-0.15, -0.1) is 11.3 Å². The van der Waals surface area contributed by atoms with E-state index < -0.39 is 0 Å². The van der Waals surface area contributed by atoms with Crippen molar-refractivity contribution in [1.29, 1.82) is 0 Å². The van der Waals surface area contributed by atoms with Crippen molar-refractivity contribution in [2.24, 2.45) is 0 Å². The summed E-state index contributed by atoms with van der Waals surface area (Å²) in [6.07, 6.45) is 0. The molecular formula is C56H35NOS. The van der Waals surface area contributed by atoms with Gasteiger partial charge in [-0.2, -0.15) is 0 Å². The Kier molecular flexibility index (Phi) is 7.75. The fourth-order valence-electron chi connectivity index (χ4n) is 9.16. The number of nitrogens with zero attached hydrogens (tertiary/aromatic N) is 1. The fourth-order valence-corrected chi connectivity index (χ4v) is 10.3. The van der Waals surface area contributed by atoms with Crippen molar-refractivity contribution in [3.8, 4) is 33.4 Å². The van der Waals surface area contributed by atoms with Crippen LogP contribution in [0.15, 0.2) is 217 Å². The van der Waals surface area contributed by atoms with Crippen LogP contribution < -0.4 is 4.90 Å². The summed E-state index contributed by atoms with van der Waals surface area (Å²) in [7, 11) is 0. The van der Waals surface area contributed by atoms with E-state index in [1.807, 2.05) is 11.3 Å². The molecule has 0 aliphatic rings. The number of anilines is 3. The molecule has 0 fully saturated rings. The van der Waals surface area contributed by atoms with Crippen LogP contribution in [0.2, 0.25) is 0 Å². The third-order valence-corrected chi connectivity index (χ3v) is 13.0. The standard InChI is InChI=1S/C56H35NOS/c1-3-14-36(15-4-1)37-26-29-40(30-27-37)57(39-16-5-2-6-17-39)51-33-32-41(42-18-7-9-20-44(42)51)38-28-31-45-50-35-49(43-19-8-10-21-47(43)56(50)58-52(45)34-38)46-23-13-25-54-55(46)48-22-11-12-24-53(48)59-54/h1-35H. The summed E-state index contributed by atoms with van der Waals surface area (Å²) in [5.74, 6) is 0. The molecular weight excluding hydrogens is 735 g/mol. The Morgan fingerprint density at radius 3 is 1.75 bits per heavy atom. The van der Waals surface area contributed by atoms with Crippen molar-refractivity contribution >= 4 is 92.1 Å². The second kappa shape index (κ2) is 13.6. The lowest BCUT2D eigenvalue weighted by Crippen LogP contribution is -2.10. The van der Waals surface area contributed by atoms with E-state index in [0.717, 1.165) is 50.0 Å². The Morgan fingerprint density at radius 1 is 0.339 bits per heavy atom. The predicted octanol–water partition coefficient (Wildman–Crippen LogP) is 16.7. The molecule has 12 rings (SSSR count). The summed E-state index contributed by atoms with van der Waals surface area (Å²) in [6.45, 7) is 0. The zero-order valence-electron chi connectivity index (χ0n) is 32.0. The van der Waals surface area contributed by atoms with Crippen molar-refractivity contribution in [3.63, 3.8) is 0 Å². The molecule has 59 heavy (non-hydrogen) atoms. The zero-order chi connectivity index (χ0) is 38.9. The van der Waals surface area contributed by atoms with Gasteiger partial charge in [0.2, 0.25) is 0 Å². The molecule has 276 valence electrons. The lowest BCUT2D eigenvalue weighted by molar-refractivity contribution is 0.673. The molecule has 0 atom stereocenters. The van der Waals surface area contributed by atoms with Gasteiger partial charge < -0.3 is 9.32 Å². The number of hydrogen-bond acceptors (Lipinski definition) is 3. The number of para-hydroxylation sites is 1. The largest absolute Gasteiger partial charge is 0.455 e. The Hall–Kier alpha value is -7.46. The first-order valence-electron chi connectivity index (χ1n) is 20.1. The fraction of sp³-hybridized carbons (Fsp3) is 0. The lowest BCUT2D eigenvalue weighted by atomic mass is 9.92. The van der Waals surface area contributed by atoms with E-state index in [2.05, 4.69) is 217 Å². The SMILES string of the molecule is c1ccc(-c2ccc(N(c3ccccc3)c3ccc(-c4ccc5c(c4)oc4c6ccccc6c(-c6cccc7sc8ccccc8c67)cc54)c4ccccc34)cc2)cc1. The Labute approximate surface area is 345 Å². The second-order valence-corrected chi connectivity index (χ2v) is 16.3. The maximum Gasteiger partial charge on any atom is 0.143 e. The van der Waals surface area contributed by atoms with Crippen molar-refractivity contribution in [1.82, 2.24) is 0 Å². The van der Waals surface area contributed by atoms with E-state index >= 15 is 0 Å². The Morgan fingerprint density at radius 2 is 0.949 bits per heavy atom. The minimum atomic E-state index is 0.886. The van der Waals surface area contributed by atoms with E-state index in [1.54, 1.807) is 0 Å². The van der Waals surface area contributed by atoms with Crippen LogP contribution >= 0.6 is 11.3 Å². The molecule has 2 heterocycles. The van der Waals surface area contributed by atoms with Crippen molar-refractivity contribution in [2.75, 3.05) is 4.90 Å². The first-order chi connectivity index (χ1) is 29.3. The van der Waals surface area contributed by atoms with Crippen LogP contribution in [-0.4, -0.2) is 0 Å². The van der Waals surface area contributed by atoms with Gasteiger partial charge in [0.05, 0.1) is 5.69 Å². The number of rotatable bonds is 6. The van der Waals surface area contributed by atoms with E-state index in [1.165, 1.54) is 64.1 Å². The Bertz CT molecular complexity index is 3550. The minimum absolute atomic E-state index is 0.886. The third kappa shape index (κ3) is 5.47. The Balaban J connectivity index is 1.01. The van der Waals surface area contributed by atoms with Gasteiger partial charge in [-0.25, -0.2) is 0 Å². The zero-order valence-corrected chi connectivity index (χ0v) is 32.8. The van der Waals surface area contributed by atoms with Gasteiger partial charge in [0.25, 0.3) is 0 Å². The molecule has 0 radical (unpaired) electrons. The normalized spacial score (nSPS) is 11.7. The van der Waals surface area contributed by atoms with Crippen molar-refractivity contribution in [2.45, 2.75) is 0 Å². The molecule has 10 aromatic carbocycles. The van der Waals surface area contributed by atoms with Gasteiger partial charge in [0.1, 0.15) is 11.2 Å². The topological polar surface area (TPSA) is 16.4 Å². The second-order valence-electron chi connectivity index (χ2n) is 15.2. The lowest BCUT2D eigenvalue weighted by Gasteiger charge is -2.27. The molecule has 0 spiro atoms. The summed E-state index contributed by atoms with van der Waals surface area (Å²) >= 11 is 1.86. The van der Waals surface area contributed by atoms with E-state index in [4.69, 9.17) is 4.42 Å². The van der Waals surface area contributed by atoms with Gasteiger partial charge in [-0.1, -0.05) is 152 Å². The van der Waals surface area contributed by atoms with Gasteiger partial charge >= 0.3 is 0 Å². The first-order valence-corrected chi connectivity index (χ1v) is 20.9. The van der Waals surface area contributed by atoms with Crippen LogP contribution in [0.25, 0.3) is 97.0 Å². The summed E-state index contributed by atoms with van der Waals surface area (Å²) in [6, 6.07) is 76.7. The molecule has 0 saturated carbocycles. The highest BCUT2D eigenvalue weighted by Crippen LogP contribution is 2.47. The van der Waals surface area contributed by atoms with E-state index in [-0.39, 0.29) is 0 Å². The van der Waals surface area contributed by atoms with E-state index in [9.17, 15) is 0 Å². The maximum absolute atomic E-state index is 6.89. The van der Waals surface area contributed by atoms with Crippen molar-refractivity contribution < 1.29 is 4.42 Å². The summed E-state index contributed by atoms with van der Waals surface area (Å²) < 4.78 is 9.51. The molecule has 12 aromatic rings. The van der Waals surface area contributed by atoms with Gasteiger partial charge in [-0.05, 0) is 105 Å². The predicted molar refractivity (Wildman–Crippen MR) is 253 cm³/mol. The van der Waals surface area contributed by atoms with Crippen LogP contribution in [-0.2, 0) is 0 Å². The van der Waals surface area contributed by atoms with Crippen LogP contribution in [0.1, 0.15) is 0 Å². The first kappa shape index (κ1) is 33.7. The molecule has 3 heteroatoms. The molecule has 2 nitrogen and oxygen atoms in total. The molecule has 0 bridgehead atoms. The third-order valence-electron chi connectivity index (χ3n) is 11.9. The summed E-state index contributed by atoms with van der Waals surface area (Å²) in [5.41, 5.74) is 12.3. The number of furan rings is 1. The average molecular weight is 770 g/mol. The quantitative estimate of drug-likeness (QED) is 0.167. The number of benzene rings is 10. The average Bonchev–Trinajstić information content (AvgIpc) is 3.88. The molecule has 2 aromatic heterocycles. The monoisotopic (exact) mass is 769 g/mol. The van der Waals surface area contributed by atoms with Gasteiger partial charge in [-0.3, -0.25) is 0 Å². The molecule has 0 N–H and O–H groups in total. The molecule has 0 saturated heterocycles. The highest BCUT2D eigenvalue weighted by molar-refractivity contribution is 7.25. The number of hydrogen-bond donors (Lipinski definition) is 0.